The summed E-state index contributed by atoms with van der Waals surface area (Å²) >= 11 is 0. The van der Waals surface area contributed by atoms with Gasteiger partial charge < -0.3 is 4.74 Å². The normalized spacial score (nSPS) is 16.1. The third-order valence-corrected chi connectivity index (χ3v) is 4.21. The van der Waals surface area contributed by atoms with Crippen LogP contribution in [-0.2, 0) is 12.0 Å². The van der Waals surface area contributed by atoms with Crippen molar-refractivity contribution in [1.82, 2.24) is 9.78 Å². The molecule has 0 atom stereocenters. The van der Waals surface area contributed by atoms with Crippen molar-refractivity contribution in [3.63, 3.8) is 0 Å². The molecular weight excluding hydrogens is 274 g/mol. The molecule has 4 heteroatoms. The monoisotopic (exact) mass is 297 g/mol. The molecule has 3 rings (SSSR count). The summed E-state index contributed by atoms with van der Waals surface area (Å²) in [4.78, 5) is 4.81. The van der Waals surface area contributed by atoms with Gasteiger partial charge in [-0.05, 0) is 44.9 Å². The Labute approximate surface area is 131 Å². The van der Waals surface area contributed by atoms with E-state index in [1.54, 1.807) is 7.11 Å². The molecule has 1 aromatic heterocycles. The maximum atomic E-state index is 5.26. The number of aromatic nitrogens is 2. The summed E-state index contributed by atoms with van der Waals surface area (Å²) in [6.07, 6.45) is 1.83. The minimum Gasteiger partial charge on any atom is -0.497 e. The first-order valence-electron chi connectivity index (χ1n) is 7.77. The topological polar surface area (TPSA) is 39.4 Å². The van der Waals surface area contributed by atoms with Crippen molar-refractivity contribution < 1.29 is 4.74 Å². The maximum Gasteiger partial charge on any atom is 0.159 e. The van der Waals surface area contributed by atoms with Gasteiger partial charge in [-0.1, -0.05) is 19.1 Å². The molecule has 1 aliphatic rings. The number of fused-ring (bicyclic) bond motifs is 1. The molecule has 0 radical (unpaired) electrons. The van der Waals surface area contributed by atoms with Crippen molar-refractivity contribution in [2.45, 2.75) is 46.1 Å². The minimum atomic E-state index is -0.0319. The zero-order valence-corrected chi connectivity index (χ0v) is 14.0. The van der Waals surface area contributed by atoms with Crippen LogP contribution in [0.25, 0.3) is 11.1 Å². The van der Waals surface area contributed by atoms with Gasteiger partial charge >= 0.3 is 0 Å². The quantitative estimate of drug-likeness (QED) is 0.844. The molecule has 2 aromatic rings. The lowest BCUT2D eigenvalue weighted by atomic mass is 9.95. The summed E-state index contributed by atoms with van der Waals surface area (Å²) in [5.74, 6) is 1.85. The number of aryl methyl sites for hydroxylation is 1. The van der Waals surface area contributed by atoms with Gasteiger partial charge in [0.05, 0.1) is 18.3 Å². The van der Waals surface area contributed by atoms with Crippen LogP contribution in [0, 0.1) is 0 Å². The van der Waals surface area contributed by atoms with Crippen LogP contribution < -0.4 is 4.74 Å². The van der Waals surface area contributed by atoms with Crippen LogP contribution in [0.15, 0.2) is 29.3 Å². The number of aliphatic imine (C=N–C) groups is 1. The van der Waals surface area contributed by atoms with Gasteiger partial charge in [-0.3, -0.25) is 0 Å². The third-order valence-electron chi connectivity index (χ3n) is 4.21. The molecule has 116 valence electrons. The van der Waals surface area contributed by atoms with E-state index >= 15 is 0 Å². The summed E-state index contributed by atoms with van der Waals surface area (Å²) in [7, 11) is 1.68. The van der Waals surface area contributed by atoms with E-state index in [-0.39, 0.29) is 5.54 Å². The van der Waals surface area contributed by atoms with Gasteiger partial charge in [-0.2, -0.15) is 5.10 Å². The molecule has 0 bridgehead atoms. The Bertz CT molecular complexity index is 724. The number of methoxy groups -OCH3 is 1. The SMILES string of the molecule is CCc1nn2c(c1-c1ccc(OC)cc1)N=C(C)CC2(C)C. The van der Waals surface area contributed by atoms with E-state index < -0.39 is 0 Å². The van der Waals surface area contributed by atoms with Gasteiger partial charge in [-0.25, -0.2) is 9.67 Å². The Balaban J connectivity index is 2.21. The summed E-state index contributed by atoms with van der Waals surface area (Å²) in [6.45, 7) is 8.68. The van der Waals surface area contributed by atoms with E-state index in [4.69, 9.17) is 14.8 Å². The maximum absolute atomic E-state index is 5.26. The van der Waals surface area contributed by atoms with Crippen molar-refractivity contribution in [3.05, 3.63) is 30.0 Å². The second kappa shape index (κ2) is 5.27. The predicted molar refractivity (Wildman–Crippen MR) is 90.3 cm³/mol. The number of rotatable bonds is 3. The summed E-state index contributed by atoms with van der Waals surface area (Å²) in [5, 5.41) is 4.85. The Morgan fingerprint density at radius 3 is 2.50 bits per heavy atom. The molecule has 0 saturated heterocycles. The molecule has 0 spiro atoms. The molecule has 1 aromatic carbocycles. The smallest absolute Gasteiger partial charge is 0.159 e. The lowest BCUT2D eigenvalue weighted by Crippen LogP contribution is -2.32. The minimum absolute atomic E-state index is 0.0319. The number of hydrogen-bond acceptors (Lipinski definition) is 3. The number of hydrogen-bond donors (Lipinski definition) is 0. The highest BCUT2D eigenvalue weighted by atomic mass is 16.5. The Kier molecular flexibility index (Phi) is 3.55. The molecule has 4 nitrogen and oxygen atoms in total. The number of ether oxygens (including phenoxy) is 1. The van der Waals surface area contributed by atoms with E-state index in [0.29, 0.717) is 0 Å². The Hall–Kier alpha value is -2.10. The summed E-state index contributed by atoms with van der Waals surface area (Å²) < 4.78 is 7.35. The largest absolute Gasteiger partial charge is 0.497 e. The molecule has 2 heterocycles. The second-order valence-corrected chi connectivity index (χ2v) is 6.48. The van der Waals surface area contributed by atoms with E-state index in [9.17, 15) is 0 Å². The molecule has 0 amide bonds. The molecule has 0 fully saturated rings. The fourth-order valence-corrected chi connectivity index (χ4v) is 3.20. The Morgan fingerprint density at radius 1 is 1.23 bits per heavy atom. The van der Waals surface area contributed by atoms with Gasteiger partial charge in [0.25, 0.3) is 0 Å². The molecule has 0 saturated carbocycles. The molecule has 0 unspecified atom stereocenters. The standard InChI is InChI=1S/C18H23N3O/c1-6-15-16(13-7-9-14(22-5)10-8-13)17-19-12(2)11-18(3,4)21(17)20-15/h7-10H,6,11H2,1-5H3. The lowest BCUT2D eigenvalue weighted by molar-refractivity contribution is 0.326. The summed E-state index contributed by atoms with van der Waals surface area (Å²) in [6, 6.07) is 8.15. The number of benzene rings is 1. The first-order chi connectivity index (χ1) is 10.5. The van der Waals surface area contributed by atoms with Gasteiger partial charge in [0.1, 0.15) is 5.75 Å². The van der Waals surface area contributed by atoms with E-state index in [2.05, 4.69) is 44.5 Å². The second-order valence-electron chi connectivity index (χ2n) is 6.48. The van der Waals surface area contributed by atoms with Gasteiger partial charge in [-0.15, -0.1) is 0 Å². The van der Waals surface area contributed by atoms with Gasteiger partial charge in [0.15, 0.2) is 5.82 Å². The van der Waals surface area contributed by atoms with Crippen LogP contribution in [0.4, 0.5) is 5.82 Å². The van der Waals surface area contributed by atoms with Crippen molar-refractivity contribution in [2.24, 2.45) is 4.99 Å². The third kappa shape index (κ3) is 2.32. The van der Waals surface area contributed by atoms with Crippen molar-refractivity contribution in [3.8, 4) is 16.9 Å². The predicted octanol–water partition coefficient (Wildman–Crippen LogP) is 4.35. The van der Waals surface area contributed by atoms with E-state index in [1.807, 2.05) is 12.1 Å². The van der Waals surface area contributed by atoms with Gasteiger partial charge in [0.2, 0.25) is 0 Å². The first-order valence-corrected chi connectivity index (χ1v) is 7.77. The zero-order chi connectivity index (χ0) is 15.9. The average molecular weight is 297 g/mol. The van der Waals surface area contributed by atoms with Gasteiger partial charge in [0, 0.05) is 17.7 Å². The molecule has 0 N–H and O–H groups in total. The zero-order valence-electron chi connectivity index (χ0n) is 14.0. The van der Waals surface area contributed by atoms with Crippen LogP contribution in [0.2, 0.25) is 0 Å². The van der Waals surface area contributed by atoms with Crippen LogP contribution in [0.1, 0.15) is 39.8 Å². The fourth-order valence-electron chi connectivity index (χ4n) is 3.20. The molecular formula is C18H23N3O. The van der Waals surface area contributed by atoms with Crippen molar-refractivity contribution >= 4 is 11.5 Å². The highest BCUT2D eigenvalue weighted by Crippen LogP contribution is 2.41. The lowest BCUT2D eigenvalue weighted by Gasteiger charge is -2.30. The highest BCUT2D eigenvalue weighted by molar-refractivity contribution is 5.90. The highest BCUT2D eigenvalue weighted by Gasteiger charge is 2.32. The van der Waals surface area contributed by atoms with Crippen molar-refractivity contribution in [2.75, 3.05) is 7.11 Å². The van der Waals surface area contributed by atoms with Crippen LogP contribution in [-0.4, -0.2) is 22.6 Å². The summed E-state index contributed by atoms with van der Waals surface area (Å²) in [5.41, 5.74) is 4.53. The fraction of sp³-hybridized carbons (Fsp3) is 0.444. The molecule has 0 aliphatic carbocycles. The van der Waals surface area contributed by atoms with E-state index in [0.717, 1.165) is 46.9 Å². The van der Waals surface area contributed by atoms with Crippen molar-refractivity contribution in [1.29, 1.82) is 0 Å². The first kappa shape index (κ1) is 14.8. The molecule has 22 heavy (non-hydrogen) atoms. The van der Waals surface area contributed by atoms with Crippen LogP contribution >= 0.6 is 0 Å². The van der Waals surface area contributed by atoms with Crippen LogP contribution in [0.5, 0.6) is 5.75 Å². The van der Waals surface area contributed by atoms with Crippen LogP contribution in [0.3, 0.4) is 0 Å². The Morgan fingerprint density at radius 2 is 1.91 bits per heavy atom. The molecule has 1 aliphatic heterocycles. The van der Waals surface area contributed by atoms with E-state index in [1.165, 1.54) is 0 Å². The average Bonchev–Trinajstić information content (AvgIpc) is 2.86. The number of nitrogens with zero attached hydrogens (tertiary/aromatic N) is 3.